The highest BCUT2D eigenvalue weighted by Crippen LogP contribution is 2.27. The van der Waals surface area contributed by atoms with Crippen molar-refractivity contribution in [2.45, 2.75) is 25.4 Å². The molecule has 1 N–H and O–H groups in total. The molecule has 110 valence electrons. The molecule has 5 nitrogen and oxygen atoms in total. The third kappa shape index (κ3) is 3.58. The van der Waals surface area contributed by atoms with Crippen LogP contribution in [-0.2, 0) is 14.6 Å². The van der Waals surface area contributed by atoms with Crippen molar-refractivity contribution in [1.82, 2.24) is 4.90 Å². The number of carboxylic acid groups (broad SMARTS) is 1. The second kappa shape index (κ2) is 5.93. The molecule has 0 spiro atoms. The van der Waals surface area contributed by atoms with Crippen molar-refractivity contribution in [3.63, 3.8) is 0 Å². The lowest BCUT2D eigenvalue weighted by Crippen LogP contribution is -2.41. The number of carboxylic acids is 1. The minimum absolute atomic E-state index is 0.0530. The number of aliphatic carboxylic acids is 1. The Hall–Kier alpha value is -1.40. The molecular weight excluding hydrogens is 278 g/mol. The minimum Gasteiger partial charge on any atom is -0.480 e. The molecule has 6 heteroatoms. The van der Waals surface area contributed by atoms with Crippen LogP contribution in [-0.4, -0.2) is 48.5 Å². The maximum absolute atomic E-state index is 11.6. The fourth-order valence-electron chi connectivity index (χ4n) is 2.70. The van der Waals surface area contributed by atoms with Gasteiger partial charge < -0.3 is 5.11 Å². The van der Waals surface area contributed by atoms with Gasteiger partial charge in [0, 0.05) is 12.1 Å². The summed E-state index contributed by atoms with van der Waals surface area (Å²) in [6, 6.07) is 9.23. The van der Waals surface area contributed by atoms with Crippen molar-refractivity contribution >= 4 is 15.8 Å². The standard InChI is InChI=1S/C14H19NO4S/c1-11(12-5-3-2-4-6-12)15(9-14(16)17)13-7-8-20(18,19)10-13/h2-6,11,13H,7-10H2,1H3,(H,16,17). The van der Waals surface area contributed by atoms with E-state index in [0.717, 1.165) is 5.56 Å². The molecule has 0 radical (unpaired) electrons. The molecule has 0 saturated carbocycles. The van der Waals surface area contributed by atoms with Gasteiger partial charge in [0.1, 0.15) is 0 Å². The second-order valence-corrected chi connectivity index (χ2v) is 7.44. The summed E-state index contributed by atoms with van der Waals surface area (Å²) in [5, 5.41) is 9.08. The van der Waals surface area contributed by atoms with Crippen molar-refractivity contribution in [3.05, 3.63) is 35.9 Å². The summed E-state index contributed by atoms with van der Waals surface area (Å²) in [7, 11) is -3.03. The van der Waals surface area contributed by atoms with Crippen molar-refractivity contribution in [2.24, 2.45) is 0 Å². The lowest BCUT2D eigenvalue weighted by molar-refractivity contribution is -0.139. The zero-order valence-corrected chi connectivity index (χ0v) is 12.2. The Morgan fingerprint density at radius 3 is 2.55 bits per heavy atom. The highest BCUT2D eigenvalue weighted by Gasteiger charge is 2.35. The van der Waals surface area contributed by atoms with Crippen LogP contribution in [0, 0.1) is 0 Å². The van der Waals surface area contributed by atoms with Gasteiger partial charge in [0.05, 0.1) is 18.1 Å². The molecule has 1 fully saturated rings. The van der Waals surface area contributed by atoms with Gasteiger partial charge in [-0.1, -0.05) is 30.3 Å². The molecule has 1 heterocycles. The normalized spacial score (nSPS) is 22.8. The molecule has 1 aromatic carbocycles. The fraction of sp³-hybridized carbons (Fsp3) is 0.500. The first kappa shape index (κ1) is 15.0. The number of benzene rings is 1. The van der Waals surface area contributed by atoms with E-state index in [0.29, 0.717) is 6.42 Å². The van der Waals surface area contributed by atoms with Crippen molar-refractivity contribution in [1.29, 1.82) is 0 Å². The first-order valence-electron chi connectivity index (χ1n) is 6.62. The average molecular weight is 297 g/mol. The lowest BCUT2D eigenvalue weighted by Gasteiger charge is -2.32. The molecule has 20 heavy (non-hydrogen) atoms. The number of nitrogens with zero attached hydrogens (tertiary/aromatic N) is 1. The van der Waals surface area contributed by atoms with E-state index in [1.54, 1.807) is 4.90 Å². The predicted molar refractivity (Wildman–Crippen MR) is 76.3 cm³/mol. The Balaban J connectivity index is 2.22. The van der Waals surface area contributed by atoms with Crippen LogP contribution in [0.4, 0.5) is 0 Å². The summed E-state index contributed by atoms with van der Waals surface area (Å²) < 4.78 is 23.2. The topological polar surface area (TPSA) is 74.7 Å². The first-order valence-corrected chi connectivity index (χ1v) is 8.44. The van der Waals surface area contributed by atoms with E-state index in [1.807, 2.05) is 37.3 Å². The summed E-state index contributed by atoms with van der Waals surface area (Å²) in [6.45, 7) is 1.78. The Labute approximate surface area is 119 Å². The molecule has 1 aliphatic rings. The Morgan fingerprint density at radius 2 is 2.05 bits per heavy atom. The van der Waals surface area contributed by atoms with Crippen LogP contribution >= 0.6 is 0 Å². The largest absolute Gasteiger partial charge is 0.480 e. The summed E-state index contributed by atoms with van der Waals surface area (Å²) in [4.78, 5) is 12.9. The van der Waals surface area contributed by atoms with Gasteiger partial charge in [-0.2, -0.15) is 0 Å². The third-order valence-electron chi connectivity index (χ3n) is 3.77. The average Bonchev–Trinajstić information content (AvgIpc) is 2.76. The van der Waals surface area contributed by atoms with Crippen LogP contribution < -0.4 is 0 Å². The third-order valence-corrected chi connectivity index (χ3v) is 5.53. The Morgan fingerprint density at radius 1 is 1.40 bits per heavy atom. The van der Waals surface area contributed by atoms with Gasteiger partial charge in [-0.3, -0.25) is 9.69 Å². The summed E-state index contributed by atoms with van der Waals surface area (Å²) in [6.07, 6.45) is 0.507. The smallest absolute Gasteiger partial charge is 0.317 e. The highest BCUT2D eigenvalue weighted by molar-refractivity contribution is 7.91. The number of hydrogen-bond acceptors (Lipinski definition) is 4. The van der Waals surface area contributed by atoms with E-state index in [2.05, 4.69) is 0 Å². The second-order valence-electron chi connectivity index (χ2n) is 5.21. The summed E-state index contributed by atoms with van der Waals surface area (Å²) >= 11 is 0. The number of rotatable bonds is 5. The lowest BCUT2D eigenvalue weighted by atomic mass is 10.0. The van der Waals surface area contributed by atoms with E-state index in [4.69, 9.17) is 5.11 Å². The van der Waals surface area contributed by atoms with Gasteiger partial charge in [-0.25, -0.2) is 8.42 Å². The van der Waals surface area contributed by atoms with E-state index in [1.165, 1.54) is 0 Å². The van der Waals surface area contributed by atoms with Crippen molar-refractivity contribution in [3.8, 4) is 0 Å². The quantitative estimate of drug-likeness (QED) is 0.887. The Kier molecular flexibility index (Phi) is 4.45. The van der Waals surface area contributed by atoms with Crippen molar-refractivity contribution < 1.29 is 18.3 Å². The molecule has 1 aliphatic heterocycles. The molecule has 2 rings (SSSR count). The summed E-state index contributed by atoms with van der Waals surface area (Å²) in [5.41, 5.74) is 0.998. The molecule has 1 saturated heterocycles. The van der Waals surface area contributed by atoms with Gasteiger partial charge in [-0.15, -0.1) is 0 Å². The zero-order valence-electron chi connectivity index (χ0n) is 11.4. The number of sulfone groups is 1. The zero-order chi connectivity index (χ0) is 14.8. The van der Waals surface area contributed by atoms with Crippen LogP contribution in [0.5, 0.6) is 0 Å². The van der Waals surface area contributed by atoms with Gasteiger partial charge in [0.15, 0.2) is 9.84 Å². The molecule has 2 atom stereocenters. The van der Waals surface area contributed by atoms with Gasteiger partial charge in [0.25, 0.3) is 0 Å². The predicted octanol–water partition coefficient (Wildman–Crippen LogP) is 1.32. The Bertz CT molecular complexity index is 570. The molecule has 2 unspecified atom stereocenters. The van der Waals surface area contributed by atoms with Crippen LogP contribution in [0.1, 0.15) is 24.9 Å². The van der Waals surface area contributed by atoms with Crippen LogP contribution in [0.3, 0.4) is 0 Å². The van der Waals surface area contributed by atoms with Gasteiger partial charge in [0.2, 0.25) is 0 Å². The molecular formula is C14H19NO4S. The number of hydrogen-bond donors (Lipinski definition) is 1. The van der Waals surface area contributed by atoms with Gasteiger partial charge in [-0.05, 0) is 18.9 Å². The fourth-order valence-corrected chi connectivity index (χ4v) is 4.44. The molecule has 0 aromatic heterocycles. The maximum atomic E-state index is 11.6. The maximum Gasteiger partial charge on any atom is 0.317 e. The van der Waals surface area contributed by atoms with E-state index >= 15 is 0 Å². The van der Waals surface area contributed by atoms with Gasteiger partial charge >= 0.3 is 5.97 Å². The monoisotopic (exact) mass is 297 g/mol. The molecule has 0 amide bonds. The highest BCUT2D eigenvalue weighted by atomic mass is 32.2. The van der Waals surface area contributed by atoms with Crippen LogP contribution in [0.15, 0.2) is 30.3 Å². The minimum atomic E-state index is -3.03. The van der Waals surface area contributed by atoms with Crippen LogP contribution in [0.2, 0.25) is 0 Å². The van der Waals surface area contributed by atoms with E-state index in [9.17, 15) is 13.2 Å². The van der Waals surface area contributed by atoms with E-state index in [-0.39, 0.29) is 30.1 Å². The first-order chi connectivity index (χ1) is 9.39. The molecule has 0 bridgehead atoms. The van der Waals surface area contributed by atoms with Crippen LogP contribution in [0.25, 0.3) is 0 Å². The SMILES string of the molecule is CC(c1ccccc1)N(CC(=O)O)C1CCS(=O)(=O)C1. The number of carbonyl (C=O) groups is 1. The summed E-state index contributed by atoms with van der Waals surface area (Å²) in [5.74, 6) is -0.732. The molecule has 1 aromatic rings. The van der Waals surface area contributed by atoms with E-state index < -0.39 is 15.8 Å². The van der Waals surface area contributed by atoms with Crippen molar-refractivity contribution in [2.75, 3.05) is 18.1 Å². The molecule has 0 aliphatic carbocycles.